The van der Waals surface area contributed by atoms with Crippen molar-refractivity contribution < 1.29 is 9.21 Å². The van der Waals surface area contributed by atoms with Crippen LogP contribution >= 0.6 is 0 Å². The highest BCUT2D eigenvalue weighted by molar-refractivity contribution is 5.81. The van der Waals surface area contributed by atoms with Crippen LogP contribution in [0.5, 0.6) is 0 Å². The Bertz CT molecular complexity index is 362. The van der Waals surface area contributed by atoms with Gasteiger partial charge in [0.05, 0.1) is 12.5 Å². The molecule has 1 aromatic heterocycles. The van der Waals surface area contributed by atoms with Gasteiger partial charge in [0.2, 0.25) is 0 Å². The molecule has 1 saturated heterocycles. The molecule has 1 aliphatic heterocycles. The quantitative estimate of drug-likeness (QED) is 0.782. The van der Waals surface area contributed by atoms with Crippen LogP contribution < -0.4 is 0 Å². The fourth-order valence-electron chi connectivity index (χ4n) is 2.28. The first-order chi connectivity index (χ1) is 8.15. The zero-order chi connectivity index (χ0) is 12.3. The minimum Gasteiger partial charge on any atom is -0.472 e. The van der Waals surface area contributed by atoms with Crippen molar-refractivity contribution in [1.29, 1.82) is 0 Å². The summed E-state index contributed by atoms with van der Waals surface area (Å²) in [5, 5.41) is 0. The fraction of sp³-hybridized carbons (Fsp3) is 0.615. The third kappa shape index (κ3) is 3.41. The van der Waals surface area contributed by atoms with Crippen molar-refractivity contribution in [3.8, 4) is 0 Å². The first-order valence-electron chi connectivity index (χ1n) is 6.06. The van der Waals surface area contributed by atoms with Gasteiger partial charge in [0, 0.05) is 38.5 Å². The molecule has 0 bridgehead atoms. The van der Waals surface area contributed by atoms with E-state index in [9.17, 15) is 4.79 Å². The lowest BCUT2D eigenvalue weighted by Gasteiger charge is -2.37. The number of rotatable bonds is 4. The molecule has 0 radical (unpaired) electrons. The van der Waals surface area contributed by atoms with Gasteiger partial charge in [-0.2, -0.15) is 0 Å². The van der Waals surface area contributed by atoms with Crippen LogP contribution in [-0.4, -0.2) is 55.4 Å². The Morgan fingerprint density at radius 2 is 2.29 bits per heavy atom. The molecule has 1 aliphatic rings. The molecule has 94 valence electrons. The Kier molecular flexibility index (Phi) is 3.97. The minimum atomic E-state index is 0.290. The molecule has 1 aromatic rings. The third-order valence-electron chi connectivity index (χ3n) is 3.42. The van der Waals surface area contributed by atoms with E-state index in [0.717, 1.165) is 25.2 Å². The maximum Gasteiger partial charge on any atom is 0.138 e. The van der Waals surface area contributed by atoms with Gasteiger partial charge in [0.1, 0.15) is 5.78 Å². The summed E-state index contributed by atoms with van der Waals surface area (Å²) in [6.07, 6.45) is 4.38. The Morgan fingerprint density at radius 1 is 1.47 bits per heavy atom. The van der Waals surface area contributed by atoms with E-state index in [0.29, 0.717) is 24.7 Å². The molecule has 2 rings (SSSR count). The second-order valence-corrected chi connectivity index (χ2v) is 4.95. The molecule has 0 spiro atoms. The molecule has 4 nitrogen and oxygen atoms in total. The average Bonchev–Trinajstić information content (AvgIpc) is 2.76. The van der Waals surface area contributed by atoms with Crippen molar-refractivity contribution in [1.82, 2.24) is 9.80 Å². The molecule has 0 saturated carbocycles. The molecule has 0 aliphatic carbocycles. The summed E-state index contributed by atoms with van der Waals surface area (Å²) in [6.45, 7) is 3.11. The van der Waals surface area contributed by atoms with Gasteiger partial charge >= 0.3 is 0 Å². The molecular formula is C13H20N2O2. The van der Waals surface area contributed by atoms with Crippen molar-refractivity contribution in [3.63, 3.8) is 0 Å². The number of furan rings is 1. The van der Waals surface area contributed by atoms with Crippen LogP contribution in [0.15, 0.2) is 23.0 Å². The van der Waals surface area contributed by atoms with Crippen LogP contribution in [0.2, 0.25) is 0 Å². The number of ketones is 1. The lowest BCUT2D eigenvalue weighted by molar-refractivity contribution is -0.120. The maximum absolute atomic E-state index is 11.9. The molecule has 0 N–H and O–H groups in total. The number of Topliss-reactive ketones (excluding diaryl/α,β-unsaturated/α-hetero) is 1. The number of carbonyl (C=O) groups is 1. The molecule has 2 heterocycles. The first-order valence-corrected chi connectivity index (χ1v) is 6.06. The van der Waals surface area contributed by atoms with Crippen molar-refractivity contribution in [3.05, 3.63) is 24.2 Å². The Balaban J connectivity index is 1.85. The predicted molar refractivity (Wildman–Crippen MR) is 66.0 cm³/mol. The zero-order valence-corrected chi connectivity index (χ0v) is 10.6. The lowest BCUT2D eigenvalue weighted by Crippen LogP contribution is -2.50. The molecule has 17 heavy (non-hydrogen) atoms. The maximum atomic E-state index is 11.9. The normalized spacial score (nSPS) is 22.8. The molecule has 1 fully saturated rings. The summed E-state index contributed by atoms with van der Waals surface area (Å²) in [6, 6.07) is 2.21. The number of nitrogens with zero attached hydrogens (tertiary/aromatic N) is 2. The van der Waals surface area contributed by atoms with Gasteiger partial charge < -0.3 is 14.2 Å². The summed E-state index contributed by atoms with van der Waals surface area (Å²) < 4.78 is 4.97. The van der Waals surface area contributed by atoms with E-state index in [1.54, 1.807) is 12.5 Å². The molecule has 1 unspecified atom stereocenters. The number of piperazine rings is 1. The lowest BCUT2D eigenvalue weighted by atomic mass is 10.0. The standard InChI is InChI=1S/C13H20N2O2/c1-14-4-5-15(2)12(9-14)8-13(16)7-11-3-6-17-10-11/h3,6,10,12H,4-5,7-9H2,1-2H3. The number of hydrogen-bond acceptors (Lipinski definition) is 4. The van der Waals surface area contributed by atoms with E-state index in [4.69, 9.17) is 4.42 Å². The van der Waals surface area contributed by atoms with E-state index in [-0.39, 0.29) is 0 Å². The number of hydrogen-bond donors (Lipinski definition) is 0. The molecular weight excluding hydrogens is 216 g/mol. The van der Waals surface area contributed by atoms with Gasteiger partial charge in [0.15, 0.2) is 0 Å². The SMILES string of the molecule is CN1CCN(C)C(CC(=O)Cc2ccoc2)C1. The Morgan fingerprint density at radius 3 is 3.00 bits per heavy atom. The monoisotopic (exact) mass is 236 g/mol. The molecule has 1 atom stereocenters. The summed E-state index contributed by atoms with van der Waals surface area (Å²) in [7, 11) is 4.21. The first kappa shape index (κ1) is 12.3. The van der Waals surface area contributed by atoms with Crippen LogP contribution in [0, 0.1) is 0 Å². The predicted octanol–water partition coefficient (Wildman–Crippen LogP) is 1.03. The van der Waals surface area contributed by atoms with Crippen molar-refractivity contribution in [2.45, 2.75) is 18.9 Å². The summed E-state index contributed by atoms with van der Waals surface area (Å²) in [5.41, 5.74) is 0.974. The topological polar surface area (TPSA) is 36.7 Å². The van der Waals surface area contributed by atoms with E-state index in [2.05, 4.69) is 23.9 Å². The molecule has 4 heteroatoms. The van der Waals surface area contributed by atoms with Crippen LogP contribution in [0.4, 0.5) is 0 Å². The van der Waals surface area contributed by atoms with Gasteiger partial charge in [-0.15, -0.1) is 0 Å². The van der Waals surface area contributed by atoms with Crippen molar-refractivity contribution >= 4 is 5.78 Å². The van der Waals surface area contributed by atoms with E-state index >= 15 is 0 Å². The number of carbonyl (C=O) groups excluding carboxylic acids is 1. The smallest absolute Gasteiger partial charge is 0.138 e. The van der Waals surface area contributed by atoms with Crippen LogP contribution in [0.3, 0.4) is 0 Å². The largest absolute Gasteiger partial charge is 0.472 e. The summed E-state index contributed by atoms with van der Waals surface area (Å²) in [5.74, 6) is 0.290. The van der Waals surface area contributed by atoms with E-state index in [1.165, 1.54) is 0 Å². The van der Waals surface area contributed by atoms with E-state index < -0.39 is 0 Å². The average molecular weight is 236 g/mol. The fourth-order valence-corrected chi connectivity index (χ4v) is 2.28. The van der Waals surface area contributed by atoms with Gasteiger partial charge in [-0.25, -0.2) is 0 Å². The van der Waals surface area contributed by atoms with Crippen LogP contribution in [0.1, 0.15) is 12.0 Å². The summed E-state index contributed by atoms with van der Waals surface area (Å²) >= 11 is 0. The van der Waals surface area contributed by atoms with E-state index in [1.807, 2.05) is 6.07 Å². The van der Waals surface area contributed by atoms with Gasteiger partial charge in [0.25, 0.3) is 0 Å². The highest BCUT2D eigenvalue weighted by atomic mass is 16.3. The second kappa shape index (κ2) is 5.47. The van der Waals surface area contributed by atoms with Crippen molar-refractivity contribution in [2.24, 2.45) is 0 Å². The zero-order valence-electron chi connectivity index (χ0n) is 10.6. The van der Waals surface area contributed by atoms with Crippen molar-refractivity contribution in [2.75, 3.05) is 33.7 Å². The van der Waals surface area contributed by atoms with Gasteiger partial charge in [-0.1, -0.05) is 0 Å². The highest BCUT2D eigenvalue weighted by Crippen LogP contribution is 2.12. The second-order valence-electron chi connectivity index (χ2n) is 4.95. The highest BCUT2D eigenvalue weighted by Gasteiger charge is 2.24. The minimum absolute atomic E-state index is 0.290. The van der Waals surface area contributed by atoms with Gasteiger partial charge in [-0.3, -0.25) is 4.79 Å². The Labute approximate surface area is 102 Å². The Hall–Kier alpha value is -1.13. The van der Waals surface area contributed by atoms with Crippen LogP contribution in [-0.2, 0) is 11.2 Å². The third-order valence-corrected chi connectivity index (χ3v) is 3.42. The number of likely N-dealkylation sites (N-methyl/N-ethyl adjacent to an activating group) is 2. The van der Waals surface area contributed by atoms with Crippen LogP contribution in [0.25, 0.3) is 0 Å². The summed E-state index contributed by atoms with van der Waals surface area (Å²) in [4.78, 5) is 16.5. The molecule has 0 amide bonds. The van der Waals surface area contributed by atoms with Gasteiger partial charge in [-0.05, 0) is 25.7 Å². The molecule has 0 aromatic carbocycles.